The third kappa shape index (κ3) is 4.81. The Balaban J connectivity index is 2.75. The summed E-state index contributed by atoms with van der Waals surface area (Å²) in [4.78, 5) is 0.0624. The van der Waals surface area contributed by atoms with Crippen LogP contribution in [0.4, 0.5) is 0 Å². The number of halogens is 2. The minimum absolute atomic E-state index is 0.0624. The van der Waals surface area contributed by atoms with Gasteiger partial charge in [0.15, 0.2) is 0 Å². The maximum absolute atomic E-state index is 11.8. The van der Waals surface area contributed by atoms with Gasteiger partial charge in [0.1, 0.15) is 0 Å². The average Bonchev–Trinajstić information content (AvgIpc) is 2.23. The fourth-order valence-electron chi connectivity index (χ4n) is 1.19. The van der Waals surface area contributed by atoms with Gasteiger partial charge >= 0.3 is 0 Å². The number of hydrogen-bond donors (Lipinski definition) is 1. The van der Waals surface area contributed by atoms with Gasteiger partial charge in [-0.25, -0.2) is 13.1 Å². The monoisotopic (exact) mass is 297 g/mol. The summed E-state index contributed by atoms with van der Waals surface area (Å²) in [5.41, 5.74) is 0. The fourth-order valence-corrected chi connectivity index (χ4v) is 2.99. The lowest BCUT2D eigenvalue weighted by Crippen LogP contribution is -2.25. The van der Waals surface area contributed by atoms with Crippen LogP contribution in [0, 0.1) is 0 Å². The Morgan fingerprint density at radius 2 is 1.82 bits per heavy atom. The molecular weight excluding hydrogens is 285 g/mol. The Labute approximate surface area is 111 Å². The first-order chi connectivity index (χ1) is 7.95. The molecule has 0 spiro atoms. The van der Waals surface area contributed by atoms with E-state index in [2.05, 4.69) is 4.72 Å². The first kappa shape index (κ1) is 14.7. The van der Waals surface area contributed by atoms with Gasteiger partial charge in [-0.05, 0) is 24.6 Å². The SMILES string of the molecule is COCCCNS(=O)(=O)c1cc(Cl)cc(Cl)c1. The van der Waals surface area contributed by atoms with Gasteiger partial charge < -0.3 is 4.74 Å². The van der Waals surface area contributed by atoms with Gasteiger partial charge in [-0.15, -0.1) is 0 Å². The Hall–Kier alpha value is -0.330. The Morgan fingerprint density at radius 1 is 1.24 bits per heavy atom. The highest BCUT2D eigenvalue weighted by Gasteiger charge is 2.14. The van der Waals surface area contributed by atoms with Crippen molar-refractivity contribution in [3.63, 3.8) is 0 Å². The highest BCUT2D eigenvalue weighted by molar-refractivity contribution is 7.89. The molecule has 0 aliphatic rings. The number of rotatable bonds is 6. The van der Waals surface area contributed by atoms with Crippen molar-refractivity contribution in [2.24, 2.45) is 0 Å². The summed E-state index contributed by atoms with van der Waals surface area (Å²) in [6, 6.07) is 4.19. The average molecular weight is 298 g/mol. The summed E-state index contributed by atoms with van der Waals surface area (Å²) in [6.45, 7) is 0.805. The molecule has 0 radical (unpaired) electrons. The molecule has 1 aromatic carbocycles. The second-order valence-electron chi connectivity index (χ2n) is 3.35. The molecule has 0 aromatic heterocycles. The van der Waals surface area contributed by atoms with E-state index in [1.807, 2.05) is 0 Å². The maximum atomic E-state index is 11.8. The van der Waals surface area contributed by atoms with Crippen molar-refractivity contribution in [3.05, 3.63) is 28.2 Å². The highest BCUT2D eigenvalue weighted by Crippen LogP contribution is 2.22. The summed E-state index contributed by atoms with van der Waals surface area (Å²) >= 11 is 11.5. The van der Waals surface area contributed by atoms with Crippen LogP contribution in [-0.4, -0.2) is 28.7 Å². The second kappa shape index (κ2) is 6.56. The first-order valence-electron chi connectivity index (χ1n) is 4.90. The van der Waals surface area contributed by atoms with Gasteiger partial charge in [-0.3, -0.25) is 0 Å². The number of methoxy groups -OCH3 is 1. The van der Waals surface area contributed by atoms with E-state index in [-0.39, 0.29) is 14.9 Å². The van der Waals surface area contributed by atoms with E-state index in [9.17, 15) is 8.42 Å². The van der Waals surface area contributed by atoms with Gasteiger partial charge in [0.25, 0.3) is 0 Å². The number of benzene rings is 1. The standard InChI is InChI=1S/C10H13Cl2NO3S/c1-16-4-2-3-13-17(14,15)10-6-8(11)5-9(12)7-10/h5-7,13H,2-4H2,1H3. The van der Waals surface area contributed by atoms with E-state index in [1.165, 1.54) is 18.2 Å². The van der Waals surface area contributed by atoms with Crippen LogP contribution in [-0.2, 0) is 14.8 Å². The van der Waals surface area contributed by atoms with E-state index in [0.717, 1.165) is 0 Å². The molecule has 0 amide bonds. The lowest BCUT2D eigenvalue weighted by atomic mass is 10.4. The number of hydrogen-bond acceptors (Lipinski definition) is 3. The van der Waals surface area contributed by atoms with Crippen molar-refractivity contribution in [1.29, 1.82) is 0 Å². The number of nitrogens with one attached hydrogen (secondary N) is 1. The van der Waals surface area contributed by atoms with E-state index < -0.39 is 10.0 Å². The molecule has 0 atom stereocenters. The lowest BCUT2D eigenvalue weighted by Gasteiger charge is -2.07. The molecule has 0 bridgehead atoms. The van der Waals surface area contributed by atoms with Crippen LogP contribution in [0.1, 0.15) is 6.42 Å². The molecule has 7 heteroatoms. The molecular formula is C10H13Cl2NO3S. The quantitative estimate of drug-likeness (QED) is 0.820. The van der Waals surface area contributed by atoms with E-state index >= 15 is 0 Å². The molecule has 1 N–H and O–H groups in total. The zero-order chi connectivity index (χ0) is 12.9. The van der Waals surface area contributed by atoms with Crippen LogP contribution in [0.25, 0.3) is 0 Å². The molecule has 0 fully saturated rings. The summed E-state index contributed by atoms with van der Waals surface area (Å²) in [5, 5.41) is 0.574. The third-order valence-electron chi connectivity index (χ3n) is 1.96. The molecule has 4 nitrogen and oxygen atoms in total. The van der Waals surface area contributed by atoms with E-state index in [4.69, 9.17) is 27.9 Å². The van der Waals surface area contributed by atoms with Crippen LogP contribution in [0.3, 0.4) is 0 Å². The maximum Gasteiger partial charge on any atom is 0.240 e. The molecule has 0 heterocycles. The number of ether oxygens (including phenoxy) is 1. The molecule has 0 unspecified atom stereocenters. The van der Waals surface area contributed by atoms with Gasteiger partial charge in [0, 0.05) is 30.3 Å². The van der Waals surface area contributed by atoms with Crippen molar-refractivity contribution in [2.75, 3.05) is 20.3 Å². The van der Waals surface area contributed by atoms with Crippen molar-refractivity contribution in [3.8, 4) is 0 Å². The zero-order valence-corrected chi connectivity index (χ0v) is 11.6. The predicted molar refractivity (Wildman–Crippen MR) is 68.1 cm³/mol. The minimum Gasteiger partial charge on any atom is -0.385 e. The molecule has 96 valence electrons. The minimum atomic E-state index is -3.56. The molecule has 0 saturated carbocycles. The largest absolute Gasteiger partial charge is 0.385 e. The van der Waals surface area contributed by atoms with E-state index in [0.29, 0.717) is 19.6 Å². The summed E-state index contributed by atoms with van der Waals surface area (Å²) in [7, 11) is -2.00. The molecule has 1 rings (SSSR count). The summed E-state index contributed by atoms with van der Waals surface area (Å²) in [5.74, 6) is 0. The van der Waals surface area contributed by atoms with Crippen LogP contribution in [0.5, 0.6) is 0 Å². The van der Waals surface area contributed by atoms with Gasteiger partial charge in [0.05, 0.1) is 4.90 Å². The Kier molecular flexibility index (Phi) is 5.69. The molecule has 0 aliphatic heterocycles. The lowest BCUT2D eigenvalue weighted by molar-refractivity contribution is 0.196. The number of sulfonamides is 1. The van der Waals surface area contributed by atoms with Crippen LogP contribution in [0.2, 0.25) is 10.0 Å². The summed E-state index contributed by atoms with van der Waals surface area (Å²) in [6.07, 6.45) is 0.601. The van der Waals surface area contributed by atoms with E-state index in [1.54, 1.807) is 7.11 Å². The van der Waals surface area contributed by atoms with Crippen molar-refractivity contribution >= 4 is 33.2 Å². The zero-order valence-electron chi connectivity index (χ0n) is 9.24. The normalized spacial score (nSPS) is 11.7. The molecule has 17 heavy (non-hydrogen) atoms. The van der Waals surface area contributed by atoms with Crippen molar-refractivity contribution < 1.29 is 13.2 Å². The summed E-state index contributed by atoms with van der Waals surface area (Å²) < 4.78 is 30.9. The van der Waals surface area contributed by atoms with Crippen molar-refractivity contribution in [2.45, 2.75) is 11.3 Å². The Bertz CT molecular complexity index is 456. The third-order valence-corrected chi connectivity index (χ3v) is 3.84. The highest BCUT2D eigenvalue weighted by atomic mass is 35.5. The van der Waals surface area contributed by atoms with Gasteiger partial charge in [-0.1, -0.05) is 23.2 Å². The molecule has 0 aliphatic carbocycles. The topological polar surface area (TPSA) is 55.4 Å². The van der Waals surface area contributed by atoms with Crippen LogP contribution < -0.4 is 4.72 Å². The van der Waals surface area contributed by atoms with Gasteiger partial charge in [-0.2, -0.15) is 0 Å². The smallest absolute Gasteiger partial charge is 0.240 e. The van der Waals surface area contributed by atoms with Gasteiger partial charge in [0.2, 0.25) is 10.0 Å². The molecule has 1 aromatic rings. The second-order valence-corrected chi connectivity index (χ2v) is 5.99. The van der Waals surface area contributed by atoms with Crippen LogP contribution >= 0.6 is 23.2 Å². The molecule has 0 saturated heterocycles. The predicted octanol–water partition coefficient (Wildman–Crippen LogP) is 2.31. The van der Waals surface area contributed by atoms with Crippen molar-refractivity contribution in [1.82, 2.24) is 4.72 Å². The first-order valence-corrected chi connectivity index (χ1v) is 7.14. The van der Waals surface area contributed by atoms with Crippen LogP contribution in [0.15, 0.2) is 23.1 Å². The Morgan fingerprint density at radius 3 is 2.35 bits per heavy atom. The fraction of sp³-hybridized carbons (Fsp3) is 0.400.